The zero-order valence-electron chi connectivity index (χ0n) is 12.3. The summed E-state index contributed by atoms with van der Waals surface area (Å²) in [4.78, 5) is 0. The minimum Gasteiger partial charge on any atom is -0.327 e. The van der Waals surface area contributed by atoms with Crippen molar-refractivity contribution in [3.05, 3.63) is 0 Å². The first kappa shape index (κ1) is 15.6. The zero-order chi connectivity index (χ0) is 15.0. The van der Waals surface area contributed by atoms with E-state index in [0.29, 0.717) is 36.8 Å². The van der Waals surface area contributed by atoms with Gasteiger partial charge in [-0.3, -0.25) is 0 Å². The van der Waals surface area contributed by atoms with Crippen molar-refractivity contribution in [1.82, 2.24) is 10.6 Å². The standard InChI is InChI=1S/C15H26F3N3/c16-15(17,18)10-3-1-9(2-4-10)14-7-12(19)11-8-20-6-5-13(11)21-14/h9-14,20-21H,1-8,19H2. The van der Waals surface area contributed by atoms with Gasteiger partial charge in [-0.1, -0.05) is 0 Å². The fourth-order valence-corrected chi connectivity index (χ4v) is 4.53. The molecule has 0 aromatic heterocycles. The van der Waals surface area contributed by atoms with Crippen LogP contribution in [0.25, 0.3) is 0 Å². The van der Waals surface area contributed by atoms with Gasteiger partial charge in [0.2, 0.25) is 0 Å². The molecule has 0 radical (unpaired) electrons. The van der Waals surface area contributed by atoms with E-state index in [1.54, 1.807) is 0 Å². The van der Waals surface area contributed by atoms with E-state index in [0.717, 1.165) is 25.9 Å². The molecule has 3 aliphatic rings. The fourth-order valence-electron chi connectivity index (χ4n) is 4.53. The van der Waals surface area contributed by atoms with E-state index in [4.69, 9.17) is 5.73 Å². The molecule has 0 aromatic rings. The molecule has 2 saturated heterocycles. The molecule has 0 aromatic carbocycles. The number of halogens is 3. The molecule has 2 heterocycles. The Balaban J connectivity index is 1.56. The van der Waals surface area contributed by atoms with Gasteiger partial charge in [0.1, 0.15) is 0 Å². The molecule has 4 atom stereocenters. The second-order valence-electron chi connectivity index (χ2n) is 7.09. The summed E-state index contributed by atoms with van der Waals surface area (Å²) in [5.41, 5.74) is 6.32. The molecule has 0 spiro atoms. The first-order chi connectivity index (χ1) is 9.95. The summed E-state index contributed by atoms with van der Waals surface area (Å²) in [5, 5.41) is 7.09. The van der Waals surface area contributed by atoms with Crippen LogP contribution in [-0.2, 0) is 0 Å². The van der Waals surface area contributed by atoms with E-state index in [-0.39, 0.29) is 18.9 Å². The lowest BCUT2D eigenvalue weighted by Crippen LogP contribution is -2.63. The summed E-state index contributed by atoms with van der Waals surface area (Å²) in [7, 11) is 0. The Morgan fingerprint density at radius 3 is 2.33 bits per heavy atom. The Kier molecular flexibility index (Phi) is 4.48. The van der Waals surface area contributed by atoms with E-state index >= 15 is 0 Å². The van der Waals surface area contributed by atoms with Gasteiger partial charge in [0.25, 0.3) is 0 Å². The van der Waals surface area contributed by atoms with Crippen LogP contribution in [-0.4, -0.2) is 37.4 Å². The third-order valence-electron chi connectivity index (χ3n) is 5.84. The van der Waals surface area contributed by atoms with Crippen molar-refractivity contribution in [1.29, 1.82) is 0 Å². The molecule has 6 heteroatoms. The van der Waals surface area contributed by atoms with E-state index in [2.05, 4.69) is 10.6 Å². The third kappa shape index (κ3) is 3.37. The van der Waals surface area contributed by atoms with Crippen molar-refractivity contribution in [2.45, 2.75) is 62.8 Å². The van der Waals surface area contributed by atoms with Gasteiger partial charge >= 0.3 is 6.18 Å². The lowest BCUT2D eigenvalue weighted by molar-refractivity contribution is -0.184. The van der Waals surface area contributed by atoms with Gasteiger partial charge in [-0.25, -0.2) is 0 Å². The van der Waals surface area contributed by atoms with E-state index < -0.39 is 12.1 Å². The van der Waals surface area contributed by atoms with Gasteiger partial charge in [-0.15, -0.1) is 0 Å². The van der Waals surface area contributed by atoms with Gasteiger partial charge in [0, 0.05) is 30.6 Å². The predicted molar refractivity (Wildman–Crippen MR) is 75.8 cm³/mol. The molecule has 1 saturated carbocycles. The van der Waals surface area contributed by atoms with Crippen molar-refractivity contribution in [3.8, 4) is 0 Å². The quantitative estimate of drug-likeness (QED) is 0.695. The summed E-state index contributed by atoms with van der Waals surface area (Å²) < 4.78 is 38.3. The fraction of sp³-hybridized carbons (Fsp3) is 1.00. The van der Waals surface area contributed by atoms with Crippen LogP contribution in [0.2, 0.25) is 0 Å². The van der Waals surface area contributed by atoms with Crippen LogP contribution >= 0.6 is 0 Å². The highest BCUT2D eigenvalue weighted by Crippen LogP contribution is 2.41. The Bertz CT molecular complexity index is 353. The number of rotatable bonds is 1. The van der Waals surface area contributed by atoms with Gasteiger partial charge < -0.3 is 16.4 Å². The SMILES string of the molecule is NC1CC(C2CCC(C(F)(F)F)CC2)NC2CCNCC12. The number of piperidine rings is 2. The molecular weight excluding hydrogens is 279 g/mol. The summed E-state index contributed by atoms with van der Waals surface area (Å²) >= 11 is 0. The van der Waals surface area contributed by atoms with Crippen LogP contribution in [0, 0.1) is 17.8 Å². The molecule has 2 aliphatic heterocycles. The van der Waals surface area contributed by atoms with Crippen LogP contribution in [0.15, 0.2) is 0 Å². The van der Waals surface area contributed by atoms with Crippen LogP contribution in [0.3, 0.4) is 0 Å². The van der Waals surface area contributed by atoms with Gasteiger partial charge in [0.05, 0.1) is 5.92 Å². The highest BCUT2D eigenvalue weighted by molar-refractivity contribution is 4.99. The molecule has 0 amide bonds. The largest absolute Gasteiger partial charge is 0.391 e. The van der Waals surface area contributed by atoms with Crippen LogP contribution in [0.1, 0.15) is 38.5 Å². The summed E-state index contributed by atoms with van der Waals surface area (Å²) in [5.74, 6) is -0.246. The van der Waals surface area contributed by atoms with Crippen molar-refractivity contribution in [3.63, 3.8) is 0 Å². The maximum absolute atomic E-state index is 12.8. The number of fused-ring (bicyclic) bond motifs is 1. The maximum Gasteiger partial charge on any atom is 0.391 e. The molecule has 3 fully saturated rings. The van der Waals surface area contributed by atoms with Crippen molar-refractivity contribution in [2.75, 3.05) is 13.1 Å². The highest BCUT2D eigenvalue weighted by Gasteiger charge is 2.44. The summed E-state index contributed by atoms with van der Waals surface area (Å²) in [6.45, 7) is 1.97. The Morgan fingerprint density at radius 1 is 0.952 bits per heavy atom. The summed E-state index contributed by atoms with van der Waals surface area (Å²) in [6.07, 6.45) is -0.0820. The monoisotopic (exact) mass is 305 g/mol. The van der Waals surface area contributed by atoms with Gasteiger partial charge in [0.15, 0.2) is 0 Å². The van der Waals surface area contributed by atoms with Crippen molar-refractivity contribution in [2.24, 2.45) is 23.5 Å². The first-order valence-corrected chi connectivity index (χ1v) is 8.24. The van der Waals surface area contributed by atoms with Crippen molar-refractivity contribution >= 4 is 0 Å². The normalized spacial score (nSPS) is 45.1. The highest BCUT2D eigenvalue weighted by atomic mass is 19.4. The topological polar surface area (TPSA) is 50.1 Å². The smallest absolute Gasteiger partial charge is 0.327 e. The molecule has 4 N–H and O–H groups in total. The van der Waals surface area contributed by atoms with E-state index in [1.807, 2.05) is 0 Å². The number of nitrogens with two attached hydrogens (primary N) is 1. The minimum atomic E-state index is -4.01. The Hall–Kier alpha value is -0.330. The van der Waals surface area contributed by atoms with Crippen LogP contribution in [0.5, 0.6) is 0 Å². The molecular formula is C15H26F3N3. The van der Waals surface area contributed by atoms with Crippen LogP contribution in [0.4, 0.5) is 13.2 Å². The lowest BCUT2D eigenvalue weighted by atomic mass is 9.72. The Labute approximate surface area is 124 Å². The van der Waals surface area contributed by atoms with Gasteiger partial charge in [-0.2, -0.15) is 13.2 Å². The number of hydrogen-bond donors (Lipinski definition) is 3. The average Bonchev–Trinajstić information content (AvgIpc) is 2.46. The number of alkyl halides is 3. The molecule has 3 nitrogen and oxygen atoms in total. The first-order valence-electron chi connectivity index (χ1n) is 8.24. The second-order valence-corrected chi connectivity index (χ2v) is 7.09. The zero-order valence-corrected chi connectivity index (χ0v) is 12.3. The molecule has 122 valence electrons. The second kappa shape index (κ2) is 6.05. The predicted octanol–water partition coefficient (Wildman–Crippen LogP) is 2.02. The maximum atomic E-state index is 12.8. The van der Waals surface area contributed by atoms with E-state index in [1.165, 1.54) is 0 Å². The molecule has 1 aliphatic carbocycles. The molecule has 3 rings (SSSR count). The molecule has 4 unspecified atom stereocenters. The van der Waals surface area contributed by atoms with Crippen molar-refractivity contribution < 1.29 is 13.2 Å². The van der Waals surface area contributed by atoms with Gasteiger partial charge in [-0.05, 0) is 51.0 Å². The lowest BCUT2D eigenvalue weighted by Gasteiger charge is -2.47. The number of hydrogen-bond acceptors (Lipinski definition) is 3. The van der Waals surface area contributed by atoms with Crippen LogP contribution < -0.4 is 16.4 Å². The molecule has 0 bridgehead atoms. The summed E-state index contributed by atoms with van der Waals surface area (Å²) in [6, 6.07) is 0.934. The molecule has 21 heavy (non-hydrogen) atoms. The Morgan fingerprint density at radius 2 is 1.67 bits per heavy atom. The number of nitrogens with one attached hydrogen (secondary N) is 2. The average molecular weight is 305 g/mol. The van der Waals surface area contributed by atoms with E-state index in [9.17, 15) is 13.2 Å². The third-order valence-corrected chi connectivity index (χ3v) is 5.84. The minimum absolute atomic E-state index is 0.175.